The molecule has 1 aromatic rings. The third-order valence-corrected chi connectivity index (χ3v) is 2.63. The number of alkyl carbamates (subject to hydrolysis) is 1. The lowest BCUT2D eigenvalue weighted by molar-refractivity contribution is 0.0529. The number of nitrogens with one attached hydrogen (secondary N) is 1. The lowest BCUT2D eigenvalue weighted by atomic mass is 10.1. The highest BCUT2D eigenvalue weighted by Crippen LogP contribution is 2.17. The summed E-state index contributed by atoms with van der Waals surface area (Å²) in [6.07, 6.45) is 4.30. The van der Waals surface area contributed by atoms with Crippen LogP contribution in [0.2, 0.25) is 0 Å². The topological polar surface area (TPSA) is 64.3 Å². The Balaban J connectivity index is 2.36. The van der Waals surface area contributed by atoms with E-state index in [1.54, 1.807) is 0 Å². The Bertz CT molecular complexity index is 488. The molecule has 0 saturated heterocycles. The van der Waals surface area contributed by atoms with Crippen molar-refractivity contribution >= 4 is 17.9 Å². The summed E-state index contributed by atoms with van der Waals surface area (Å²) in [6.45, 7) is 8.04. The third-order valence-electron chi connectivity index (χ3n) is 2.63. The van der Waals surface area contributed by atoms with Gasteiger partial charge in [0.05, 0.1) is 0 Å². The van der Waals surface area contributed by atoms with Gasteiger partial charge in [-0.1, -0.05) is 30.4 Å². The SMILES string of the molecule is Cc1cccc(C=CCCNC(=O)OC(C)(C)C)c1N. The maximum absolute atomic E-state index is 11.4. The lowest BCUT2D eigenvalue weighted by Gasteiger charge is -2.19. The summed E-state index contributed by atoms with van der Waals surface area (Å²) in [5.41, 5.74) is 8.38. The fourth-order valence-electron chi connectivity index (χ4n) is 1.63. The van der Waals surface area contributed by atoms with Crippen molar-refractivity contribution in [1.29, 1.82) is 0 Å². The summed E-state index contributed by atoms with van der Waals surface area (Å²) < 4.78 is 5.14. The minimum Gasteiger partial charge on any atom is -0.444 e. The van der Waals surface area contributed by atoms with Crippen LogP contribution in [-0.2, 0) is 4.74 Å². The van der Waals surface area contributed by atoms with E-state index in [0.717, 1.165) is 23.2 Å². The van der Waals surface area contributed by atoms with Gasteiger partial charge in [-0.3, -0.25) is 0 Å². The van der Waals surface area contributed by atoms with E-state index in [1.165, 1.54) is 0 Å². The first-order valence-electron chi connectivity index (χ1n) is 6.78. The van der Waals surface area contributed by atoms with Crippen molar-refractivity contribution in [3.8, 4) is 0 Å². The van der Waals surface area contributed by atoms with Crippen molar-refractivity contribution in [1.82, 2.24) is 5.32 Å². The van der Waals surface area contributed by atoms with Gasteiger partial charge in [0.15, 0.2) is 0 Å². The first-order valence-corrected chi connectivity index (χ1v) is 6.78. The average Bonchev–Trinajstić information content (AvgIpc) is 2.31. The standard InChI is InChI=1S/C16H24N2O2/c1-12-8-7-10-13(14(12)17)9-5-6-11-18-15(19)20-16(2,3)4/h5,7-10H,6,11,17H2,1-4H3,(H,18,19). The van der Waals surface area contributed by atoms with E-state index in [9.17, 15) is 4.79 Å². The minimum atomic E-state index is -0.462. The first kappa shape index (κ1) is 16.1. The number of nitrogen functional groups attached to an aromatic ring is 1. The van der Waals surface area contributed by atoms with Gasteiger partial charge in [-0.25, -0.2) is 4.79 Å². The average molecular weight is 276 g/mol. The fourth-order valence-corrected chi connectivity index (χ4v) is 1.63. The highest BCUT2D eigenvalue weighted by atomic mass is 16.6. The van der Waals surface area contributed by atoms with Gasteiger partial charge in [0.25, 0.3) is 0 Å². The van der Waals surface area contributed by atoms with Gasteiger partial charge in [0, 0.05) is 12.2 Å². The number of para-hydroxylation sites is 1. The van der Waals surface area contributed by atoms with Crippen LogP contribution < -0.4 is 11.1 Å². The monoisotopic (exact) mass is 276 g/mol. The molecule has 1 rings (SSSR count). The van der Waals surface area contributed by atoms with Crippen LogP contribution in [0.5, 0.6) is 0 Å². The molecule has 20 heavy (non-hydrogen) atoms. The zero-order valence-electron chi connectivity index (χ0n) is 12.7. The molecule has 0 atom stereocenters. The van der Waals surface area contributed by atoms with E-state index < -0.39 is 5.60 Å². The summed E-state index contributed by atoms with van der Waals surface area (Å²) in [7, 11) is 0. The fraction of sp³-hybridized carbons (Fsp3) is 0.438. The van der Waals surface area contributed by atoms with Crippen molar-refractivity contribution in [3.63, 3.8) is 0 Å². The van der Waals surface area contributed by atoms with Gasteiger partial charge in [-0.2, -0.15) is 0 Å². The highest BCUT2D eigenvalue weighted by molar-refractivity contribution is 5.68. The largest absolute Gasteiger partial charge is 0.444 e. The molecule has 0 unspecified atom stereocenters. The molecule has 0 radical (unpaired) electrons. The number of aryl methyl sites for hydroxylation is 1. The van der Waals surface area contributed by atoms with Crippen LogP contribution >= 0.6 is 0 Å². The molecule has 110 valence electrons. The summed E-state index contributed by atoms with van der Waals surface area (Å²) in [5.74, 6) is 0. The molecule has 1 aromatic carbocycles. The molecule has 0 heterocycles. The second-order valence-corrected chi connectivity index (χ2v) is 5.70. The maximum Gasteiger partial charge on any atom is 0.407 e. The van der Waals surface area contributed by atoms with Crippen LogP contribution in [0.3, 0.4) is 0 Å². The molecule has 4 heteroatoms. The number of amides is 1. The van der Waals surface area contributed by atoms with E-state index in [2.05, 4.69) is 5.32 Å². The molecule has 4 nitrogen and oxygen atoms in total. The van der Waals surface area contributed by atoms with Crippen LogP contribution in [0, 0.1) is 6.92 Å². The van der Waals surface area contributed by atoms with Crippen molar-refractivity contribution in [2.45, 2.75) is 39.7 Å². The Kier molecular flexibility index (Phi) is 5.62. The van der Waals surface area contributed by atoms with Gasteiger partial charge in [0.1, 0.15) is 5.60 Å². The number of ether oxygens (including phenoxy) is 1. The normalized spacial score (nSPS) is 11.6. The zero-order valence-corrected chi connectivity index (χ0v) is 12.7. The number of carbonyl (C=O) groups is 1. The molecule has 1 amide bonds. The van der Waals surface area contributed by atoms with E-state index in [0.29, 0.717) is 6.54 Å². The molecule has 3 N–H and O–H groups in total. The maximum atomic E-state index is 11.4. The number of rotatable bonds is 4. The van der Waals surface area contributed by atoms with Crippen molar-refractivity contribution in [3.05, 3.63) is 35.4 Å². The summed E-state index contributed by atoms with van der Waals surface area (Å²) >= 11 is 0. The Morgan fingerprint density at radius 1 is 1.40 bits per heavy atom. The Labute approximate surface area is 121 Å². The zero-order chi connectivity index (χ0) is 15.2. The molecular weight excluding hydrogens is 252 g/mol. The predicted molar refractivity (Wildman–Crippen MR) is 83.5 cm³/mol. The Hall–Kier alpha value is -1.97. The van der Waals surface area contributed by atoms with Crippen molar-refractivity contribution in [2.75, 3.05) is 12.3 Å². The number of anilines is 1. The van der Waals surface area contributed by atoms with Gasteiger partial charge in [-0.05, 0) is 45.2 Å². The number of hydrogen-bond donors (Lipinski definition) is 2. The van der Waals surface area contributed by atoms with E-state index >= 15 is 0 Å². The quantitative estimate of drug-likeness (QED) is 0.653. The molecule has 0 aliphatic carbocycles. The molecule has 0 aliphatic heterocycles. The second-order valence-electron chi connectivity index (χ2n) is 5.70. The van der Waals surface area contributed by atoms with E-state index in [-0.39, 0.29) is 6.09 Å². The van der Waals surface area contributed by atoms with Crippen molar-refractivity contribution in [2.24, 2.45) is 0 Å². The van der Waals surface area contributed by atoms with Gasteiger partial charge in [0.2, 0.25) is 0 Å². The molecular formula is C16H24N2O2. The van der Waals surface area contributed by atoms with Gasteiger partial charge in [-0.15, -0.1) is 0 Å². The number of carbonyl (C=O) groups excluding carboxylic acids is 1. The Morgan fingerprint density at radius 2 is 2.10 bits per heavy atom. The third kappa shape index (κ3) is 5.78. The van der Waals surface area contributed by atoms with Crippen LogP contribution in [0.4, 0.5) is 10.5 Å². The molecule has 0 bridgehead atoms. The van der Waals surface area contributed by atoms with Gasteiger partial charge < -0.3 is 15.8 Å². The summed E-state index contributed by atoms with van der Waals surface area (Å²) in [6, 6.07) is 5.93. The Morgan fingerprint density at radius 3 is 2.75 bits per heavy atom. The number of nitrogens with two attached hydrogens (primary N) is 1. The smallest absolute Gasteiger partial charge is 0.407 e. The highest BCUT2D eigenvalue weighted by Gasteiger charge is 2.15. The van der Waals surface area contributed by atoms with Crippen LogP contribution in [-0.4, -0.2) is 18.2 Å². The minimum absolute atomic E-state index is 0.388. The first-order chi connectivity index (χ1) is 9.29. The number of benzene rings is 1. The molecule has 0 spiro atoms. The summed E-state index contributed by atoms with van der Waals surface area (Å²) in [5, 5.41) is 2.71. The van der Waals surface area contributed by atoms with Crippen LogP contribution in [0.15, 0.2) is 24.3 Å². The summed E-state index contributed by atoms with van der Waals surface area (Å²) in [4.78, 5) is 11.4. The van der Waals surface area contributed by atoms with Gasteiger partial charge >= 0.3 is 6.09 Å². The van der Waals surface area contributed by atoms with E-state index in [4.69, 9.17) is 10.5 Å². The lowest BCUT2D eigenvalue weighted by Crippen LogP contribution is -2.32. The van der Waals surface area contributed by atoms with Crippen molar-refractivity contribution < 1.29 is 9.53 Å². The second kappa shape index (κ2) is 6.98. The van der Waals surface area contributed by atoms with E-state index in [1.807, 2.05) is 58.0 Å². The molecule has 0 aliphatic rings. The molecule has 0 fully saturated rings. The molecule has 0 aromatic heterocycles. The van der Waals surface area contributed by atoms with Crippen LogP contribution in [0.1, 0.15) is 38.3 Å². The number of hydrogen-bond acceptors (Lipinski definition) is 3. The predicted octanol–water partition coefficient (Wildman–Crippen LogP) is 3.51. The van der Waals surface area contributed by atoms with Crippen LogP contribution in [0.25, 0.3) is 6.08 Å². The molecule has 0 saturated carbocycles.